The van der Waals surface area contributed by atoms with Gasteiger partial charge in [-0.3, -0.25) is 28.8 Å². The standard InChI is InChI=1S/C36H24N2O12S/c1-49-35(45)21-7-3-5-9-25(21)37-33(43)27-29(39)19-13-11-17(15-23(19)31(27)41)51(47,48)18-12-14-20-24(16-18)32(42)28(30(20)40)34(44)38-26-10-6-4-8-22(26)36(46)50-2/h3-16,27-28H,1-2H3,(H,37,43)(H,38,44). The molecule has 0 aromatic heterocycles. The molecule has 0 fully saturated rings. The van der Waals surface area contributed by atoms with Crippen molar-refractivity contribution in [1.82, 2.24) is 0 Å². The van der Waals surface area contributed by atoms with Crippen molar-refractivity contribution in [3.63, 3.8) is 0 Å². The third-order valence-corrected chi connectivity index (χ3v) is 10.2. The van der Waals surface area contributed by atoms with Gasteiger partial charge in [0.15, 0.2) is 35.0 Å². The molecule has 2 atom stereocenters. The lowest BCUT2D eigenvalue weighted by molar-refractivity contribution is -0.118. The summed E-state index contributed by atoms with van der Waals surface area (Å²) in [6.45, 7) is 0. The number of para-hydroxylation sites is 2. The molecule has 4 aromatic rings. The number of fused-ring (bicyclic) bond motifs is 2. The van der Waals surface area contributed by atoms with E-state index in [0.717, 1.165) is 50.6 Å². The number of hydrogen-bond donors (Lipinski definition) is 2. The highest BCUT2D eigenvalue weighted by molar-refractivity contribution is 7.91. The number of rotatable bonds is 8. The number of esters is 2. The highest BCUT2D eigenvalue weighted by Crippen LogP contribution is 2.35. The number of carbonyl (C=O) groups is 8. The van der Waals surface area contributed by atoms with Crippen molar-refractivity contribution in [3.8, 4) is 0 Å². The van der Waals surface area contributed by atoms with Crippen LogP contribution in [0.15, 0.2) is 94.7 Å². The van der Waals surface area contributed by atoms with Gasteiger partial charge in [0.05, 0.1) is 46.5 Å². The van der Waals surface area contributed by atoms with E-state index in [-0.39, 0.29) is 44.8 Å². The Bertz CT molecular complexity index is 2220. The first-order valence-corrected chi connectivity index (χ1v) is 16.4. The average Bonchev–Trinajstić information content (AvgIpc) is 3.54. The summed E-state index contributed by atoms with van der Waals surface area (Å²) >= 11 is 0. The fourth-order valence-electron chi connectivity index (χ4n) is 5.86. The second-order valence-electron chi connectivity index (χ2n) is 11.3. The molecule has 0 saturated heterocycles. The number of Topliss-reactive ketones (excluding diaryl/α,β-unsaturated/α-hetero) is 4. The van der Waals surface area contributed by atoms with Gasteiger partial charge in [0.1, 0.15) is 0 Å². The van der Waals surface area contributed by atoms with Crippen LogP contribution in [0.2, 0.25) is 0 Å². The van der Waals surface area contributed by atoms with E-state index in [1.54, 1.807) is 0 Å². The molecular weight excluding hydrogens is 684 g/mol. The molecule has 256 valence electrons. The quantitative estimate of drug-likeness (QED) is 0.199. The molecule has 0 bridgehead atoms. The van der Waals surface area contributed by atoms with E-state index in [1.807, 2.05) is 0 Å². The minimum Gasteiger partial charge on any atom is -0.465 e. The van der Waals surface area contributed by atoms with E-state index >= 15 is 0 Å². The molecular formula is C36H24N2O12S. The molecule has 15 heteroatoms. The van der Waals surface area contributed by atoms with Gasteiger partial charge in [-0.1, -0.05) is 24.3 Å². The molecule has 14 nitrogen and oxygen atoms in total. The van der Waals surface area contributed by atoms with Crippen LogP contribution < -0.4 is 10.6 Å². The van der Waals surface area contributed by atoms with Gasteiger partial charge in [0.2, 0.25) is 21.7 Å². The van der Waals surface area contributed by atoms with Crippen molar-refractivity contribution in [1.29, 1.82) is 0 Å². The summed E-state index contributed by atoms with van der Waals surface area (Å²) < 4.78 is 36.9. The first-order valence-electron chi connectivity index (χ1n) is 15.0. The van der Waals surface area contributed by atoms with Crippen LogP contribution in [0.5, 0.6) is 0 Å². The molecule has 2 unspecified atom stereocenters. The lowest BCUT2D eigenvalue weighted by Crippen LogP contribution is -2.31. The Balaban J connectivity index is 1.25. The van der Waals surface area contributed by atoms with Crippen molar-refractivity contribution in [3.05, 3.63) is 118 Å². The number of ketones is 4. The van der Waals surface area contributed by atoms with Crippen LogP contribution in [-0.2, 0) is 28.9 Å². The summed E-state index contributed by atoms with van der Waals surface area (Å²) in [6.07, 6.45) is 0. The Labute approximate surface area is 288 Å². The van der Waals surface area contributed by atoms with Gasteiger partial charge in [0, 0.05) is 22.3 Å². The summed E-state index contributed by atoms with van der Waals surface area (Å²) in [4.78, 5) is 103. The van der Waals surface area contributed by atoms with Crippen LogP contribution in [0.4, 0.5) is 11.4 Å². The van der Waals surface area contributed by atoms with Crippen molar-refractivity contribution in [2.75, 3.05) is 24.9 Å². The number of methoxy groups -OCH3 is 2. The van der Waals surface area contributed by atoms with Crippen LogP contribution in [0.25, 0.3) is 0 Å². The highest BCUT2D eigenvalue weighted by atomic mass is 32.2. The van der Waals surface area contributed by atoms with Crippen molar-refractivity contribution in [2.24, 2.45) is 11.8 Å². The van der Waals surface area contributed by atoms with Crippen LogP contribution in [-0.4, -0.2) is 69.5 Å². The third-order valence-electron chi connectivity index (χ3n) is 8.42. The number of carbonyl (C=O) groups excluding carboxylic acids is 8. The lowest BCUT2D eigenvalue weighted by atomic mass is 10.0. The minimum absolute atomic E-state index is 0.00968. The number of ether oxygens (including phenoxy) is 2. The van der Waals surface area contributed by atoms with E-state index in [0.29, 0.717) is 0 Å². The molecule has 0 saturated carbocycles. The predicted octanol–water partition coefficient (Wildman–Crippen LogP) is 3.36. The van der Waals surface area contributed by atoms with Gasteiger partial charge in [-0.05, 0) is 60.7 Å². The number of amides is 2. The fraction of sp³-hybridized carbons (Fsp3) is 0.111. The summed E-state index contributed by atoms with van der Waals surface area (Å²) in [5.41, 5.74) is -1.13. The van der Waals surface area contributed by atoms with Crippen LogP contribution in [0.3, 0.4) is 0 Å². The van der Waals surface area contributed by atoms with Gasteiger partial charge >= 0.3 is 11.9 Å². The molecule has 6 rings (SSSR count). The zero-order valence-electron chi connectivity index (χ0n) is 26.5. The summed E-state index contributed by atoms with van der Waals surface area (Å²) in [6, 6.07) is 17.7. The van der Waals surface area contributed by atoms with E-state index in [9.17, 15) is 46.8 Å². The number of benzene rings is 4. The van der Waals surface area contributed by atoms with E-state index in [4.69, 9.17) is 9.47 Å². The molecule has 2 aliphatic carbocycles. The number of nitrogens with one attached hydrogen (secondary N) is 2. The molecule has 51 heavy (non-hydrogen) atoms. The van der Waals surface area contributed by atoms with Crippen LogP contribution in [0, 0.1) is 11.8 Å². The van der Waals surface area contributed by atoms with Gasteiger partial charge in [-0.2, -0.15) is 0 Å². The van der Waals surface area contributed by atoms with Crippen LogP contribution >= 0.6 is 0 Å². The Morgan fingerprint density at radius 2 is 0.882 bits per heavy atom. The molecule has 0 heterocycles. The maximum absolute atomic E-state index is 13.7. The van der Waals surface area contributed by atoms with Crippen LogP contribution in [0.1, 0.15) is 62.1 Å². The average molecular weight is 709 g/mol. The lowest BCUT2D eigenvalue weighted by Gasteiger charge is -2.12. The van der Waals surface area contributed by atoms with Gasteiger partial charge in [0.25, 0.3) is 0 Å². The second-order valence-corrected chi connectivity index (χ2v) is 13.2. The smallest absolute Gasteiger partial charge is 0.339 e. The highest BCUT2D eigenvalue weighted by Gasteiger charge is 2.46. The molecule has 0 spiro atoms. The summed E-state index contributed by atoms with van der Waals surface area (Å²) in [5, 5.41) is 4.79. The Morgan fingerprint density at radius 1 is 0.529 bits per heavy atom. The van der Waals surface area contributed by atoms with E-state index in [2.05, 4.69) is 10.6 Å². The summed E-state index contributed by atoms with van der Waals surface area (Å²) in [5.74, 6) is -11.1. The largest absolute Gasteiger partial charge is 0.465 e. The molecule has 0 radical (unpaired) electrons. The van der Waals surface area contributed by atoms with Crippen molar-refractivity contribution >= 4 is 68.1 Å². The fourth-order valence-corrected chi connectivity index (χ4v) is 7.17. The van der Waals surface area contributed by atoms with Gasteiger partial charge in [-0.25, -0.2) is 18.0 Å². The number of hydrogen-bond acceptors (Lipinski definition) is 12. The van der Waals surface area contributed by atoms with Gasteiger partial charge in [-0.15, -0.1) is 0 Å². The van der Waals surface area contributed by atoms with E-state index in [1.165, 1.54) is 48.5 Å². The first kappa shape index (κ1) is 34.3. The third kappa shape index (κ3) is 5.78. The summed E-state index contributed by atoms with van der Waals surface area (Å²) in [7, 11) is -2.23. The maximum atomic E-state index is 13.7. The number of anilines is 2. The Kier molecular flexibility index (Phi) is 8.75. The monoisotopic (exact) mass is 708 g/mol. The van der Waals surface area contributed by atoms with E-state index < -0.39 is 78.3 Å². The number of sulfone groups is 1. The Hall–Kier alpha value is -6.61. The SMILES string of the molecule is COC(=O)c1ccccc1NC(=O)C1C(=O)c2ccc(S(=O)(=O)c3ccc4c(c3)C(=O)C(C(=O)Nc3ccccc3C(=O)OC)C4=O)cc2C1=O. The topological polar surface area (TPSA) is 213 Å². The normalized spacial score (nSPS) is 16.3. The zero-order valence-corrected chi connectivity index (χ0v) is 27.4. The van der Waals surface area contributed by atoms with Crippen molar-refractivity contribution < 1.29 is 56.2 Å². The molecule has 0 aliphatic heterocycles. The van der Waals surface area contributed by atoms with Crippen molar-refractivity contribution in [2.45, 2.75) is 9.79 Å². The Morgan fingerprint density at radius 3 is 1.25 bits per heavy atom. The first-order chi connectivity index (χ1) is 24.3. The second kappa shape index (κ2) is 13.0. The minimum atomic E-state index is -4.50. The predicted molar refractivity (Wildman–Crippen MR) is 175 cm³/mol. The zero-order chi connectivity index (χ0) is 36.8. The van der Waals surface area contributed by atoms with Gasteiger partial charge < -0.3 is 20.1 Å². The molecule has 2 amide bonds. The maximum Gasteiger partial charge on any atom is 0.339 e. The molecule has 2 N–H and O–H groups in total. The molecule has 2 aliphatic rings. The molecule has 4 aromatic carbocycles.